The molecule has 3 N–H and O–H groups in total. The summed E-state index contributed by atoms with van der Waals surface area (Å²) >= 11 is -2.17. The summed E-state index contributed by atoms with van der Waals surface area (Å²) in [5, 5.41) is 9.83. The van der Waals surface area contributed by atoms with Crippen LogP contribution < -0.4 is 14.2 Å². The van der Waals surface area contributed by atoms with Crippen LogP contribution in [0.3, 0.4) is 0 Å². The van der Waals surface area contributed by atoms with E-state index in [1.54, 1.807) is 12.1 Å². The average Bonchev–Trinajstić information content (AvgIpc) is 3.13. The lowest BCUT2D eigenvalue weighted by atomic mass is 9.91. The lowest BCUT2D eigenvalue weighted by Crippen LogP contribution is -2.16. The van der Waals surface area contributed by atoms with Gasteiger partial charge < -0.3 is 14.6 Å². The normalized spacial score (nSPS) is 14.5. The molecule has 2 aromatic rings. The number of benzene rings is 2. The molecule has 0 bridgehead atoms. The van der Waals surface area contributed by atoms with Gasteiger partial charge in [-0.05, 0) is 41.3 Å². The van der Waals surface area contributed by atoms with Gasteiger partial charge in [-0.25, -0.2) is 4.21 Å². The topological polar surface area (TPSA) is 88.0 Å². The maximum absolute atomic E-state index is 12.4. The minimum absolute atomic E-state index is 0.202. The van der Waals surface area contributed by atoms with Crippen LogP contribution in [0.1, 0.15) is 16.7 Å². The van der Waals surface area contributed by atoms with E-state index in [0.29, 0.717) is 41.9 Å². The highest BCUT2D eigenvalue weighted by molar-refractivity contribution is 7.77. The van der Waals surface area contributed by atoms with Gasteiger partial charge in [0.1, 0.15) is 11.5 Å². The second kappa shape index (κ2) is 8.85. The summed E-state index contributed by atoms with van der Waals surface area (Å²) in [6.45, 7) is 0.238. The third-order valence-electron chi connectivity index (χ3n) is 4.37. The van der Waals surface area contributed by atoms with Crippen LogP contribution in [-0.2, 0) is 30.7 Å². The molecule has 1 heterocycles. The molecule has 0 fully saturated rings. The number of nitrogens with one attached hydrogen (secondary N) is 1. The number of ether oxygens (including phenoxy) is 2. The first kappa shape index (κ1) is 21.2. The molecule has 3 rings (SSSR count). The van der Waals surface area contributed by atoms with Crippen LogP contribution in [0.4, 0.5) is 13.2 Å². The van der Waals surface area contributed by atoms with E-state index in [0.717, 1.165) is 11.1 Å². The van der Waals surface area contributed by atoms with Crippen molar-refractivity contribution in [2.45, 2.75) is 25.8 Å². The molecule has 1 aliphatic rings. The zero-order chi connectivity index (χ0) is 21.0. The molecule has 0 radical (unpaired) electrons. The molecule has 6 nitrogen and oxygen atoms in total. The monoisotopic (exact) mass is 429 g/mol. The fraction of sp³-hybridized carbons (Fsp3) is 0.263. The van der Waals surface area contributed by atoms with Crippen molar-refractivity contribution in [3.8, 4) is 22.6 Å². The summed E-state index contributed by atoms with van der Waals surface area (Å²) in [4.78, 5) is 0. The Morgan fingerprint density at radius 1 is 1.28 bits per heavy atom. The van der Waals surface area contributed by atoms with Crippen LogP contribution in [0, 0.1) is 0 Å². The van der Waals surface area contributed by atoms with Crippen molar-refractivity contribution in [3.05, 3.63) is 59.3 Å². The third kappa shape index (κ3) is 5.28. The first-order valence-electron chi connectivity index (χ1n) is 8.58. The first-order valence-corrected chi connectivity index (χ1v) is 9.68. The van der Waals surface area contributed by atoms with Crippen LogP contribution >= 0.6 is 0 Å². The van der Waals surface area contributed by atoms with E-state index in [-0.39, 0.29) is 12.4 Å². The molecule has 156 valence electrons. The number of aliphatic hydroxyl groups excluding tert-OH is 1. The quantitative estimate of drug-likeness (QED) is 0.587. The second-order valence-corrected chi connectivity index (χ2v) is 6.91. The summed E-state index contributed by atoms with van der Waals surface area (Å²) in [5.74, 6) is 0.276. The smallest absolute Gasteiger partial charge is 0.492 e. The summed E-state index contributed by atoms with van der Waals surface area (Å²) in [7, 11) is 0. The van der Waals surface area contributed by atoms with Crippen molar-refractivity contribution in [2.75, 3.05) is 6.61 Å². The van der Waals surface area contributed by atoms with E-state index in [2.05, 4.69) is 9.46 Å². The Labute approximate surface area is 167 Å². The van der Waals surface area contributed by atoms with Crippen molar-refractivity contribution < 1.29 is 36.5 Å². The van der Waals surface area contributed by atoms with Crippen molar-refractivity contribution in [1.29, 1.82) is 0 Å². The highest BCUT2D eigenvalue weighted by atomic mass is 32.2. The molecule has 0 aromatic heterocycles. The molecule has 2 aromatic carbocycles. The number of aliphatic hydroxyl groups is 1. The maximum atomic E-state index is 12.4. The fourth-order valence-electron chi connectivity index (χ4n) is 3.23. The van der Waals surface area contributed by atoms with Gasteiger partial charge in [0.25, 0.3) is 11.3 Å². The molecule has 1 atom stereocenters. The van der Waals surface area contributed by atoms with Gasteiger partial charge >= 0.3 is 6.36 Å². The van der Waals surface area contributed by atoms with Gasteiger partial charge in [-0.2, -0.15) is 0 Å². The van der Waals surface area contributed by atoms with E-state index < -0.39 is 17.6 Å². The van der Waals surface area contributed by atoms with Crippen molar-refractivity contribution in [1.82, 2.24) is 4.72 Å². The second-order valence-electron chi connectivity index (χ2n) is 6.17. The Kier molecular flexibility index (Phi) is 6.46. The third-order valence-corrected chi connectivity index (χ3v) is 4.71. The Morgan fingerprint density at radius 2 is 2.00 bits per heavy atom. The molecule has 0 saturated heterocycles. The molecular weight excluding hydrogens is 411 g/mol. The van der Waals surface area contributed by atoms with Crippen LogP contribution in [-0.4, -0.2) is 26.8 Å². The van der Waals surface area contributed by atoms with Crippen molar-refractivity contribution >= 4 is 11.3 Å². The zero-order valence-electron chi connectivity index (χ0n) is 15.0. The Bertz CT molecular complexity index is 929. The van der Waals surface area contributed by atoms with Crippen LogP contribution in [0.25, 0.3) is 11.1 Å². The lowest BCUT2D eigenvalue weighted by molar-refractivity contribution is -0.274. The average molecular weight is 429 g/mol. The highest BCUT2D eigenvalue weighted by Crippen LogP contribution is 2.41. The highest BCUT2D eigenvalue weighted by Gasteiger charge is 2.31. The molecule has 0 aliphatic carbocycles. The van der Waals surface area contributed by atoms with Gasteiger partial charge in [-0.15, -0.1) is 13.2 Å². The standard InChI is InChI=1S/C19H18F3NO5S/c20-19(21,22)28-14-5-3-12(4-6-14)16-10-13(2-1-8-23-29(25)26)17(11-24)15-7-9-27-18(15)16/h1,3-6,8,10,23-24H,2,7,9,11H2,(H,25,26). The van der Waals surface area contributed by atoms with Crippen LogP contribution in [0.15, 0.2) is 42.6 Å². The van der Waals surface area contributed by atoms with E-state index in [4.69, 9.17) is 9.29 Å². The number of alkyl halides is 3. The van der Waals surface area contributed by atoms with Gasteiger partial charge in [0.05, 0.1) is 13.2 Å². The predicted molar refractivity (Wildman–Crippen MR) is 100 cm³/mol. The summed E-state index contributed by atoms with van der Waals surface area (Å²) in [5.41, 5.74) is 3.68. The minimum Gasteiger partial charge on any atom is -0.492 e. The largest absolute Gasteiger partial charge is 0.573 e. The molecule has 29 heavy (non-hydrogen) atoms. The Morgan fingerprint density at radius 3 is 2.62 bits per heavy atom. The Balaban J connectivity index is 1.96. The molecule has 0 spiro atoms. The van der Waals surface area contributed by atoms with Crippen molar-refractivity contribution in [2.24, 2.45) is 0 Å². The number of halogens is 3. The lowest BCUT2D eigenvalue weighted by Gasteiger charge is -2.16. The maximum Gasteiger partial charge on any atom is 0.573 e. The van der Waals surface area contributed by atoms with Gasteiger partial charge in [0.2, 0.25) is 0 Å². The van der Waals surface area contributed by atoms with Gasteiger partial charge in [0, 0.05) is 23.7 Å². The summed E-state index contributed by atoms with van der Waals surface area (Å²) < 4.78 is 68.3. The Hall–Kier alpha value is -2.56. The minimum atomic E-state index is -4.76. The number of rotatable bonds is 7. The number of hydrogen-bond donors (Lipinski definition) is 3. The van der Waals surface area contributed by atoms with E-state index in [9.17, 15) is 22.5 Å². The van der Waals surface area contributed by atoms with E-state index >= 15 is 0 Å². The molecule has 1 aliphatic heterocycles. The molecular formula is C19H18F3NO5S. The summed E-state index contributed by atoms with van der Waals surface area (Å²) in [6.07, 6.45) is -0.821. The van der Waals surface area contributed by atoms with Crippen molar-refractivity contribution in [3.63, 3.8) is 0 Å². The zero-order valence-corrected chi connectivity index (χ0v) is 15.8. The van der Waals surface area contributed by atoms with Gasteiger partial charge in [-0.1, -0.05) is 18.2 Å². The molecule has 0 amide bonds. The van der Waals surface area contributed by atoms with Gasteiger partial charge in [-0.3, -0.25) is 9.27 Å². The fourth-order valence-corrected chi connectivity index (χ4v) is 3.44. The molecule has 1 unspecified atom stereocenters. The van der Waals surface area contributed by atoms with Crippen LogP contribution in [0.5, 0.6) is 11.5 Å². The molecule has 0 saturated carbocycles. The number of hydrogen-bond acceptors (Lipinski definition) is 4. The SMILES string of the molecule is O=S(O)NC=CCc1cc(-c2ccc(OC(F)(F)F)cc2)c2c(c1CO)CCO2. The van der Waals surface area contributed by atoms with Gasteiger partial charge in [0.15, 0.2) is 0 Å². The summed E-state index contributed by atoms with van der Waals surface area (Å²) in [6, 6.07) is 7.27. The van der Waals surface area contributed by atoms with E-state index in [1.165, 1.54) is 30.5 Å². The van der Waals surface area contributed by atoms with E-state index in [1.807, 2.05) is 0 Å². The number of fused-ring (bicyclic) bond motifs is 1. The predicted octanol–water partition coefficient (Wildman–Crippen LogP) is 3.46. The first-order chi connectivity index (χ1) is 13.8. The van der Waals surface area contributed by atoms with Crippen LogP contribution in [0.2, 0.25) is 0 Å². The molecule has 10 heteroatoms. The number of allylic oxidation sites excluding steroid dienone is 1.